The molecule has 0 unspecified atom stereocenters. The molecule has 25 heavy (non-hydrogen) atoms. The lowest BCUT2D eigenvalue weighted by Crippen LogP contribution is -2.13. The average Bonchev–Trinajstić information content (AvgIpc) is 2.63. The molecule has 0 saturated carbocycles. The van der Waals surface area contributed by atoms with Gasteiger partial charge in [0.25, 0.3) is 10.0 Å². The Labute approximate surface area is 147 Å². The van der Waals surface area contributed by atoms with Crippen molar-refractivity contribution in [1.82, 2.24) is 0 Å². The Morgan fingerprint density at radius 1 is 0.800 bits per heavy atom. The molecule has 3 aromatic rings. The quantitative estimate of drug-likeness (QED) is 0.523. The Balaban J connectivity index is 2.04. The number of hydrogen-bond donors (Lipinski definition) is 0. The van der Waals surface area contributed by atoms with E-state index in [1.54, 1.807) is 60.7 Å². The largest absolute Gasteiger partial charge is 0.438 e. The number of sulfonamides is 1. The standard InChI is InChI=1S/C20H17NO3S/c1-16-12-14-19(15-13-16)25(22,23)21-20(17-8-4-2-5-9-17)24-18-10-6-3-7-11-18/h2-15H,1H3. The van der Waals surface area contributed by atoms with E-state index in [1.807, 2.05) is 31.2 Å². The number of ether oxygens (including phenoxy) is 1. The number of rotatable bonds is 4. The number of nitrogens with zero attached hydrogens (tertiary/aromatic N) is 1. The summed E-state index contributed by atoms with van der Waals surface area (Å²) >= 11 is 0. The zero-order valence-corrected chi connectivity index (χ0v) is 14.5. The van der Waals surface area contributed by atoms with Crippen molar-refractivity contribution in [3.05, 3.63) is 96.1 Å². The van der Waals surface area contributed by atoms with Gasteiger partial charge >= 0.3 is 0 Å². The summed E-state index contributed by atoms with van der Waals surface area (Å²) in [5.74, 6) is 0.552. The van der Waals surface area contributed by atoms with Crippen LogP contribution in [0.15, 0.2) is 94.2 Å². The first-order valence-electron chi connectivity index (χ1n) is 7.74. The minimum absolute atomic E-state index is 0.0346. The highest BCUT2D eigenvalue weighted by atomic mass is 32.2. The van der Waals surface area contributed by atoms with Gasteiger partial charge in [0.05, 0.1) is 4.90 Å². The van der Waals surface area contributed by atoms with Crippen LogP contribution >= 0.6 is 0 Å². The molecule has 0 atom stereocenters. The third kappa shape index (κ3) is 4.33. The Kier molecular flexibility index (Phi) is 4.95. The minimum Gasteiger partial charge on any atom is -0.438 e. The van der Waals surface area contributed by atoms with Gasteiger partial charge in [-0.2, -0.15) is 8.42 Å². The molecule has 0 N–H and O–H groups in total. The van der Waals surface area contributed by atoms with Crippen molar-refractivity contribution < 1.29 is 13.2 Å². The van der Waals surface area contributed by atoms with Gasteiger partial charge < -0.3 is 4.74 Å². The fourth-order valence-corrected chi connectivity index (χ4v) is 3.13. The molecule has 4 nitrogen and oxygen atoms in total. The first kappa shape index (κ1) is 16.9. The normalized spacial score (nSPS) is 12.0. The predicted octanol–water partition coefficient (Wildman–Crippen LogP) is 4.21. The molecule has 3 rings (SSSR count). The Hall–Kier alpha value is -2.92. The van der Waals surface area contributed by atoms with E-state index in [1.165, 1.54) is 0 Å². The molecule has 126 valence electrons. The van der Waals surface area contributed by atoms with Crippen molar-refractivity contribution in [2.24, 2.45) is 4.40 Å². The number of aryl methyl sites for hydroxylation is 1. The van der Waals surface area contributed by atoms with Crippen LogP contribution in [0.5, 0.6) is 5.75 Å². The van der Waals surface area contributed by atoms with Crippen LogP contribution in [0.4, 0.5) is 0 Å². The van der Waals surface area contributed by atoms with E-state index in [0.29, 0.717) is 11.3 Å². The van der Waals surface area contributed by atoms with Crippen molar-refractivity contribution in [1.29, 1.82) is 0 Å². The fraction of sp³-hybridized carbons (Fsp3) is 0.0500. The van der Waals surface area contributed by atoms with Crippen LogP contribution in [0.3, 0.4) is 0 Å². The first-order valence-corrected chi connectivity index (χ1v) is 9.18. The second-order valence-electron chi connectivity index (χ2n) is 5.47. The number of hydrogen-bond acceptors (Lipinski definition) is 3. The van der Waals surface area contributed by atoms with E-state index in [9.17, 15) is 8.42 Å². The average molecular weight is 351 g/mol. The van der Waals surface area contributed by atoms with Gasteiger partial charge in [0, 0.05) is 5.56 Å². The molecular weight excluding hydrogens is 334 g/mol. The van der Waals surface area contributed by atoms with Crippen molar-refractivity contribution in [3.63, 3.8) is 0 Å². The topological polar surface area (TPSA) is 55.7 Å². The lowest BCUT2D eigenvalue weighted by atomic mass is 10.2. The lowest BCUT2D eigenvalue weighted by molar-refractivity contribution is 0.550. The predicted molar refractivity (Wildman–Crippen MR) is 98.4 cm³/mol. The van der Waals surface area contributed by atoms with Crippen LogP contribution in [0.2, 0.25) is 0 Å². The third-order valence-electron chi connectivity index (χ3n) is 3.50. The van der Waals surface area contributed by atoms with Gasteiger partial charge in [-0.3, -0.25) is 0 Å². The maximum absolute atomic E-state index is 12.6. The molecule has 0 fully saturated rings. The van der Waals surface area contributed by atoms with E-state index in [0.717, 1.165) is 5.56 Å². The molecule has 0 saturated heterocycles. The Morgan fingerprint density at radius 3 is 1.96 bits per heavy atom. The fourth-order valence-electron chi connectivity index (χ4n) is 2.18. The molecule has 0 bridgehead atoms. The van der Waals surface area contributed by atoms with Gasteiger partial charge in [-0.1, -0.05) is 54.1 Å². The van der Waals surface area contributed by atoms with Gasteiger partial charge in [0.15, 0.2) is 0 Å². The van der Waals surface area contributed by atoms with Crippen LogP contribution in [0.1, 0.15) is 11.1 Å². The van der Waals surface area contributed by atoms with E-state index in [2.05, 4.69) is 4.40 Å². The van der Waals surface area contributed by atoms with Gasteiger partial charge in [0.1, 0.15) is 5.75 Å². The maximum Gasteiger partial charge on any atom is 0.285 e. The number of para-hydroxylation sites is 1. The first-order chi connectivity index (χ1) is 12.0. The summed E-state index contributed by atoms with van der Waals surface area (Å²) in [6, 6.07) is 24.5. The molecular formula is C20H17NO3S. The van der Waals surface area contributed by atoms with Crippen molar-refractivity contribution in [2.45, 2.75) is 11.8 Å². The Bertz CT molecular complexity index is 964. The summed E-state index contributed by atoms with van der Waals surface area (Å²) in [5, 5.41) is 0. The summed E-state index contributed by atoms with van der Waals surface area (Å²) in [6.45, 7) is 1.90. The minimum atomic E-state index is -3.88. The van der Waals surface area contributed by atoms with E-state index >= 15 is 0 Å². The molecule has 0 amide bonds. The van der Waals surface area contributed by atoms with Crippen molar-refractivity contribution in [2.75, 3.05) is 0 Å². The van der Waals surface area contributed by atoms with Crippen LogP contribution in [-0.2, 0) is 10.0 Å². The highest BCUT2D eigenvalue weighted by molar-refractivity contribution is 7.90. The summed E-state index contributed by atoms with van der Waals surface area (Å²) in [7, 11) is -3.88. The zero-order chi connectivity index (χ0) is 17.7. The second kappa shape index (κ2) is 7.32. The molecule has 0 radical (unpaired) electrons. The van der Waals surface area contributed by atoms with Crippen molar-refractivity contribution >= 4 is 15.9 Å². The summed E-state index contributed by atoms with van der Waals surface area (Å²) < 4.78 is 35.0. The maximum atomic E-state index is 12.6. The van der Waals surface area contributed by atoms with E-state index in [-0.39, 0.29) is 10.8 Å². The lowest BCUT2D eigenvalue weighted by Gasteiger charge is -2.09. The molecule has 0 aliphatic rings. The van der Waals surface area contributed by atoms with Crippen LogP contribution < -0.4 is 4.74 Å². The second-order valence-corrected chi connectivity index (χ2v) is 7.07. The van der Waals surface area contributed by atoms with E-state index < -0.39 is 10.0 Å². The van der Waals surface area contributed by atoms with Crippen LogP contribution in [-0.4, -0.2) is 14.3 Å². The molecule has 0 aliphatic heterocycles. The molecule has 3 aromatic carbocycles. The van der Waals surface area contributed by atoms with Crippen molar-refractivity contribution in [3.8, 4) is 5.75 Å². The molecule has 0 aromatic heterocycles. The highest BCUT2D eigenvalue weighted by Crippen LogP contribution is 2.17. The Morgan fingerprint density at radius 2 is 1.36 bits per heavy atom. The van der Waals surface area contributed by atoms with Gasteiger partial charge in [-0.25, -0.2) is 0 Å². The summed E-state index contributed by atoms with van der Waals surface area (Å²) in [4.78, 5) is 0.128. The highest BCUT2D eigenvalue weighted by Gasteiger charge is 2.17. The summed E-state index contributed by atoms with van der Waals surface area (Å²) in [6.07, 6.45) is 0. The number of benzene rings is 3. The molecule has 0 heterocycles. The van der Waals surface area contributed by atoms with Gasteiger partial charge in [-0.15, -0.1) is 4.40 Å². The van der Waals surface area contributed by atoms with Crippen LogP contribution in [0, 0.1) is 6.92 Å². The van der Waals surface area contributed by atoms with Crippen LogP contribution in [0.25, 0.3) is 0 Å². The van der Waals surface area contributed by atoms with Gasteiger partial charge in [-0.05, 0) is 43.3 Å². The molecule has 0 spiro atoms. The van der Waals surface area contributed by atoms with E-state index in [4.69, 9.17) is 4.74 Å². The SMILES string of the molecule is Cc1ccc(S(=O)(=O)N=C(Oc2ccccc2)c2ccccc2)cc1. The summed E-state index contributed by atoms with van der Waals surface area (Å²) in [5.41, 5.74) is 1.56. The molecule has 0 aliphatic carbocycles. The zero-order valence-electron chi connectivity index (χ0n) is 13.7. The van der Waals surface area contributed by atoms with Gasteiger partial charge in [0.2, 0.25) is 5.90 Å². The monoisotopic (exact) mass is 351 g/mol. The smallest absolute Gasteiger partial charge is 0.285 e. The molecule has 5 heteroatoms. The third-order valence-corrected chi connectivity index (χ3v) is 4.77.